The summed E-state index contributed by atoms with van der Waals surface area (Å²) in [5, 5.41) is 0.945. The van der Waals surface area contributed by atoms with Gasteiger partial charge in [0.1, 0.15) is 35.1 Å². The normalized spacial score (nSPS) is 22.5. The summed E-state index contributed by atoms with van der Waals surface area (Å²) in [6.45, 7) is 3.88. The number of nitrogens with zero attached hydrogens (tertiary/aromatic N) is 4. The maximum Gasteiger partial charge on any atom is 0.160 e. The van der Waals surface area contributed by atoms with Gasteiger partial charge in [-0.05, 0) is 75.6 Å². The first-order valence-electron chi connectivity index (χ1n) is 10.6. The minimum absolute atomic E-state index is 0.477. The first-order chi connectivity index (χ1) is 14.4. The third kappa shape index (κ3) is 3.28. The molecule has 2 atom stereocenters. The summed E-state index contributed by atoms with van der Waals surface area (Å²) in [5.41, 5.74) is 14.6. The monoisotopic (exact) mass is 404 g/mol. The van der Waals surface area contributed by atoms with Gasteiger partial charge >= 0.3 is 0 Å². The summed E-state index contributed by atoms with van der Waals surface area (Å²) in [6.07, 6.45) is 9.43. The van der Waals surface area contributed by atoms with Gasteiger partial charge in [-0.1, -0.05) is 6.07 Å². The molecule has 0 amide bonds. The molecule has 4 N–H and O–H groups in total. The number of hydrogen-bond donors (Lipinski definition) is 2. The van der Waals surface area contributed by atoms with Crippen molar-refractivity contribution < 1.29 is 4.74 Å². The molecule has 30 heavy (non-hydrogen) atoms. The number of nitrogens with two attached hydrogens (primary N) is 2. The molecule has 1 aromatic carbocycles. The van der Waals surface area contributed by atoms with Crippen LogP contribution in [-0.4, -0.2) is 26.0 Å². The molecule has 5 rings (SSSR count). The molecule has 1 aliphatic heterocycles. The Balaban J connectivity index is 1.25. The van der Waals surface area contributed by atoms with Gasteiger partial charge in [0.2, 0.25) is 0 Å². The minimum atomic E-state index is -0.550. The number of nitrogen functional groups attached to an aromatic ring is 1. The second-order valence-electron chi connectivity index (χ2n) is 9.00. The van der Waals surface area contributed by atoms with Gasteiger partial charge in [-0.3, -0.25) is 0 Å². The van der Waals surface area contributed by atoms with Gasteiger partial charge in [-0.15, -0.1) is 0 Å². The van der Waals surface area contributed by atoms with Crippen molar-refractivity contribution in [1.82, 2.24) is 14.5 Å². The molecule has 0 radical (unpaired) electrons. The molecule has 3 heterocycles. The van der Waals surface area contributed by atoms with Gasteiger partial charge in [-0.25, -0.2) is 15.0 Å². The molecular weight excluding hydrogens is 376 g/mol. The van der Waals surface area contributed by atoms with Gasteiger partial charge < -0.3 is 20.8 Å². The largest absolute Gasteiger partial charge is 0.478 e. The SMILES string of the molecule is CC1(C)Oc2ccc(CCC3CCC(n4ccc5c(N)ncnc54)C3)cc2N=C1N. The zero-order valence-electron chi connectivity index (χ0n) is 17.5. The fourth-order valence-corrected chi connectivity index (χ4v) is 4.70. The lowest BCUT2D eigenvalue weighted by molar-refractivity contribution is 0.177. The van der Waals surface area contributed by atoms with Crippen LogP contribution in [0.3, 0.4) is 0 Å². The predicted molar refractivity (Wildman–Crippen MR) is 119 cm³/mol. The van der Waals surface area contributed by atoms with E-state index in [2.05, 4.69) is 37.9 Å². The summed E-state index contributed by atoms with van der Waals surface area (Å²) in [6, 6.07) is 8.79. The van der Waals surface area contributed by atoms with Gasteiger partial charge in [0.25, 0.3) is 0 Å². The van der Waals surface area contributed by atoms with E-state index in [-0.39, 0.29) is 0 Å². The zero-order valence-corrected chi connectivity index (χ0v) is 17.5. The fraction of sp³-hybridized carbons (Fsp3) is 0.435. The molecule has 0 saturated heterocycles. The molecule has 2 aromatic heterocycles. The van der Waals surface area contributed by atoms with Crippen LogP contribution in [0.4, 0.5) is 11.5 Å². The van der Waals surface area contributed by atoms with E-state index in [0.717, 1.165) is 35.3 Å². The Morgan fingerprint density at radius 2 is 2.03 bits per heavy atom. The first-order valence-corrected chi connectivity index (χ1v) is 10.6. The molecule has 3 aromatic rings. The van der Waals surface area contributed by atoms with Crippen molar-refractivity contribution in [2.45, 2.75) is 57.6 Å². The van der Waals surface area contributed by atoms with Crippen molar-refractivity contribution in [2.24, 2.45) is 16.6 Å². The van der Waals surface area contributed by atoms with Crippen molar-refractivity contribution in [3.63, 3.8) is 0 Å². The van der Waals surface area contributed by atoms with Crippen molar-refractivity contribution in [3.8, 4) is 5.75 Å². The standard InChI is InChI=1S/C23H28N6O/c1-23(2)22(25)28-18-12-15(6-8-19(18)30-23)4-3-14-5-7-16(11-14)29-10-9-17-20(24)26-13-27-21(17)29/h6,8-10,12-14,16H,3-5,7,11H2,1-2H3,(H2,25,28)(H2,24,26,27). The highest BCUT2D eigenvalue weighted by Crippen LogP contribution is 2.40. The molecule has 1 aliphatic carbocycles. The van der Waals surface area contributed by atoms with E-state index in [1.807, 2.05) is 26.0 Å². The molecular formula is C23H28N6O. The number of amidine groups is 1. The van der Waals surface area contributed by atoms with Crippen LogP contribution < -0.4 is 16.2 Å². The maximum atomic E-state index is 6.07. The van der Waals surface area contributed by atoms with E-state index in [1.54, 1.807) is 6.33 Å². The second kappa shape index (κ2) is 7.00. The third-order valence-corrected chi connectivity index (χ3v) is 6.53. The van der Waals surface area contributed by atoms with Crippen molar-refractivity contribution in [2.75, 3.05) is 5.73 Å². The number of ether oxygens (including phenoxy) is 1. The highest BCUT2D eigenvalue weighted by molar-refractivity contribution is 5.93. The average Bonchev–Trinajstić information content (AvgIpc) is 3.34. The average molecular weight is 405 g/mol. The van der Waals surface area contributed by atoms with Crippen LogP contribution in [0.1, 0.15) is 51.1 Å². The maximum absolute atomic E-state index is 6.07. The van der Waals surface area contributed by atoms with Crippen molar-refractivity contribution >= 4 is 28.4 Å². The van der Waals surface area contributed by atoms with Crippen LogP contribution in [0, 0.1) is 5.92 Å². The second-order valence-corrected chi connectivity index (χ2v) is 9.00. The lowest BCUT2D eigenvalue weighted by Crippen LogP contribution is -2.45. The molecule has 1 fully saturated rings. The van der Waals surface area contributed by atoms with Crippen LogP contribution in [0.5, 0.6) is 5.75 Å². The van der Waals surface area contributed by atoms with Crippen molar-refractivity contribution in [1.29, 1.82) is 0 Å². The Labute approximate surface area is 176 Å². The van der Waals surface area contributed by atoms with E-state index in [0.29, 0.717) is 23.6 Å². The van der Waals surface area contributed by atoms with Gasteiger partial charge in [0.15, 0.2) is 5.60 Å². The molecule has 0 bridgehead atoms. The third-order valence-electron chi connectivity index (χ3n) is 6.53. The Morgan fingerprint density at radius 3 is 2.90 bits per heavy atom. The van der Waals surface area contributed by atoms with E-state index < -0.39 is 5.60 Å². The number of benzene rings is 1. The number of aliphatic imine (C=N–C) groups is 1. The smallest absolute Gasteiger partial charge is 0.160 e. The molecule has 0 spiro atoms. The fourth-order valence-electron chi connectivity index (χ4n) is 4.70. The molecule has 156 valence electrons. The minimum Gasteiger partial charge on any atom is -0.478 e. The lowest BCUT2D eigenvalue weighted by Gasteiger charge is -2.30. The summed E-state index contributed by atoms with van der Waals surface area (Å²) in [7, 11) is 0. The van der Waals surface area contributed by atoms with Crippen LogP contribution in [0.2, 0.25) is 0 Å². The van der Waals surface area contributed by atoms with E-state index in [1.165, 1.54) is 24.8 Å². The van der Waals surface area contributed by atoms with Crippen molar-refractivity contribution in [3.05, 3.63) is 42.4 Å². The van der Waals surface area contributed by atoms with E-state index >= 15 is 0 Å². The van der Waals surface area contributed by atoms with E-state index in [9.17, 15) is 0 Å². The number of fused-ring (bicyclic) bond motifs is 2. The molecule has 2 aliphatic rings. The summed E-state index contributed by atoms with van der Waals surface area (Å²) >= 11 is 0. The van der Waals surface area contributed by atoms with Crippen LogP contribution in [0.25, 0.3) is 11.0 Å². The highest BCUT2D eigenvalue weighted by Gasteiger charge is 2.31. The Hall–Kier alpha value is -3.09. The number of aromatic nitrogens is 3. The number of anilines is 1. The summed E-state index contributed by atoms with van der Waals surface area (Å²) < 4.78 is 8.27. The van der Waals surface area contributed by atoms with Gasteiger partial charge in [-0.2, -0.15) is 0 Å². The van der Waals surface area contributed by atoms with Gasteiger partial charge in [0, 0.05) is 12.2 Å². The predicted octanol–water partition coefficient (Wildman–Crippen LogP) is 4.15. The van der Waals surface area contributed by atoms with E-state index in [4.69, 9.17) is 16.2 Å². The molecule has 2 unspecified atom stereocenters. The number of hydrogen-bond acceptors (Lipinski definition) is 6. The molecule has 7 heteroatoms. The Kier molecular flexibility index (Phi) is 4.41. The lowest BCUT2D eigenvalue weighted by atomic mass is 9.97. The topological polar surface area (TPSA) is 104 Å². The summed E-state index contributed by atoms with van der Waals surface area (Å²) in [5.74, 6) is 2.58. The van der Waals surface area contributed by atoms with Crippen LogP contribution in [0.15, 0.2) is 41.8 Å². The number of rotatable bonds is 4. The zero-order chi connectivity index (χ0) is 20.9. The molecule has 1 saturated carbocycles. The number of aryl methyl sites for hydroxylation is 1. The Morgan fingerprint density at radius 1 is 1.17 bits per heavy atom. The quantitative estimate of drug-likeness (QED) is 0.680. The van der Waals surface area contributed by atoms with Crippen LogP contribution >= 0.6 is 0 Å². The summed E-state index contributed by atoms with van der Waals surface area (Å²) in [4.78, 5) is 13.1. The van der Waals surface area contributed by atoms with Gasteiger partial charge in [0.05, 0.1) is 5.39 Å². The first kappa shape index (κ1) is 18.9. The Bertz CT molecular complexity index is 1130. The molecule has 7 nitrogen and oxygen atoms in total. The van der Waals surface area contributed by atoms with Crippen LogP contribution in [-0.2, 0) is 6.42 Å². The highest BCUT2D eigenvalue weighted by atomic mass is 16.5.